The third-order valence-corrected chi connectivity index (χ3v) is 3.31. The Morgan fingerprint density at radius 1 is 1.60 bits per heavy atom. The second-order valence-electron chi connectivity index (χ2n) is 3.42. The van der Waals surface area contributed by atoms with E-state index in [-0.39, 0.29) is 22.8 Å². The molecule has 82 valence electrons. The van der Waals surface area contributed by atoms with Gasteiger partial charge in [-0.1, -0.05) is 6.07 Å². The van der Waals surface area contributed by atoms with Crippen LogP contribution in [0.15, 0.2) is 17.5 Å². The molecule has 0 radical (unpaired) electrons. The number of halogens is 1. The predicted octanol–water partition coefficient (Wildman–Crippen LogP) is 1.67. The molecule has 0 saturated heterocycles. The van der Waals surface area contributed by atoms with Crippen molar-refractivity contribution in [2.75, 3.05) is 13.1 Å². The number of nitrogens with zero attached hydrogens (tertiary/aromatic N) is 1. The molecule has 1 aromatic heterocycles. The van der Waals surface area contributed by atoms with E-state index >= 15 is 0 Å². The van der Waals surface area contributed by atoms with Crippen LogP contribution in [0.3, 0.4) is 0 Å². The number of Topliss-reactive ketones (excluding diaryl/α,β-unsaturated/α-hetero) is 1. The SMILES string of the molecule is Br.NC1=[N+](CC(=O)c2cccs2)CCC1. The Bertz CT molecular complexity index is 373. The van der Waals surface area contributed by atoms with Gasteiger partial charge in [-0.15, -0.1) is 28.3 Å². The molecule has 2 N–H and O–H groups in total. The Morgan fingerprint density at radius 3 is 2.93 bits per heavy atom. The summed E-state index contributed by atoms with van der Waals surface area (Å²) in [6.45, 7) is 1.36. The number of carbonyl (C=O) groups is 1. The van der Waals surface area contributed by atoms with Crippen LogP contribution in [0, 0.1) is 0 Å². The quantitative estimate of drug-likeness (QED) is 0.680. The molecule has 2 rings (SSSR count). The molecular weight excluding hydrogens is 276 g/mol. The lowest BCUT2D eigenvalue weighted by molar-refractivity contribution is -0.507. The molecule has 1 aliphatic rings. The van der Waals surface area contributed by atoms with Gasteiger partial charge in [0.1, 0.15) is 6.54 Å². The summed E-state index contributed by atoms with van der Waals surface area (Å²) in [6.07, 6.45) is 2.00. The summed E-state index contributed by atoms with van der Waals surface area (Å²) in [6, 6.07) is 3.76. The summed E-state index contributed by atoms with van der Waals surface area (Å²) in [5.41, 5.74) is 5.77. The zero-order valence-corrected chi connectivity index (χ0v) is 10.8. The molecule has 3 nitrogen and oxygen atoms in total. The average molecular weight is 290 g/mol. The summed E-state index contributed by atoms with van der Waals surface area (Å²) in [4.78, 5) is 12.5. The van der Waals surface area contributed by atoms with Crippen LogP contribution in [-0.2, 0) is 0 Å². The molecule has 0 aromatic carbocycles. The van der Waals surface area contributed by atoms with Crippen LogP contribution < -0.4 is 5.73 Å². The van der Waals surface area contributed by atoms with Crippen molar-refractivity contribution in [3.8, 4) is 0 Å². The Balaban J connectivity index is 0.00000112. The minimum Gasteiger partial charge on any atom is -0.291 e. The van der Waals surface area contributed by atoms with Crippen molar-refractivity contribution < 1.29 is 9.37 Å². The lowest BCUT2D eigenvalue weighted by Gasteiger charge is -2.00. The first-order chi connectivity index (χ1) is 6.77. The van der Waals surface area contributed by atoms with E-state index in [1.165, 1.54) is 11.3 Å². The molecular formula is C10H14BrN2OS+. The first-order valence-electron chi connectivity index (χ1n) is 4.70. The first-order valence-corrected chi connectivity index (χ1v) is 5.58. The zero-order chi connectivity index (χ0) is 9.97. The number of carbonyl (C=O) groups excluding carboxylic acids is 1. The Kier molecular flexibility index (Phi) is 4.47. The Hall–Kier alpha value is -0.680. The van der Waals surface area contributed by atoms with Gasteiger partial charge in [-0.2, -0.15) is 0 Å². The number of amidine groups is 1. The molecule has 0 fully saturated rings. The highest BCUT2D eigenvalue weighted by atomic mass is 79.9. The summed E-state index contributed by atoms with van der Waals surface area (Å²) >= 11 is 1.49. The van der Waals surface area contributed by atoms with Crippen molar-refractivity contribution in [3.63, 3.8) is 0 Å². The van der Waals surface area contributed by atoms with E-state index in [0.717, 1.165) is 30.1 Å². The molecule has 15 heavy (non-hydrogen) atoms. The Labute approximate surface area is 103 Å². The van der Waals surface area contributed by atoms with E-state index < -0.39 is 0 Å². The number of ketones is 1. The molecule has 0 amide bonds. The van der Waals surface area contributed by atoms with Gasteiger partial charge in [-0.25, -0.2) is 0 Å². The summed E-state index contributed by atoms with van der Waals surface area (Å²) < 4.78 is 1.97. The van der Waals surface area contributed by atoms with Gasteiger partial charge in [-0.05, 0) is 17.9 Å². The van der Waals surface area contributed by atoms with E-state index in [1.807, 2.05) is 22.1 Å². The highest BCUT2D eigenvalue weighted by Gasteiger charge is 2.20. The maximum Gasteiger partial charge on any atom is 0.243 e. The van der Waals surface area contributed by atoms with Crippen LogP contribution >= 0.6 is 28.3 Å². The van der Waals surface area contributed by atoms with Gasteiger partial charge >= 0.3 is 0 Å². The van der Waals surface area contributed by atoms with Gasteiger partial charge in [0, 0.05) is 0 Å². The molecule has 0 atom stereocenters. The third-order valence-electron chi connectivity index (χ3n) is 2.40. The molecule has 5 heteroatoms. The molecule has 1 aliphatic heterocycles. The van der Waals surface area contributed by atoms with Gasteiger partial charge < -0.3 is 0 Å². The van der Waals surface area contributed by atoms with Crippen molar-refractivity contribution in [1.82, 2.24) is 0 Å². The second kappa shape index (κ2) is 5.42. The standard InChI is InChI=1S/C10H12N2OS.BrH/c11-10-4-1-5-12(10)7-8(13)9-3-2-6-14-9;/h2-3,6,11H,1,4-5,7H2;1H/p+1. The molecule has 0 spiro atoms. The highest BCUT2D eigenvalue weighted by Crippen LogP contribution is 2.10. The smallest absolute Gasteiger partial charge is 0.243 e. The number of rotatable bonds is 3. The highest BCUT2D eigenvalue weighted by molar-refractivity contribution is 8.93. The lowest BCUT2D eigenvalue weighted by Crippen LogP contribution is -2.27. The van der Waals surface area contributed by atoms with Crippen LogP contribution in [0.4, 0.5) is 0 Å². The van der Waals surface area contributed by atoms with Gasteiger partial charge in [0.05, 0.1) is 17.8 Å². The Morgan fingerprint density at radius 2 is 2.40 bits per heavy atom. The van der Waals surface area contributed by atoms with Crippen molar-refractivity contribution in [2.24, 2.45) is 5.73 Å². The molecule has 1 aromatic rings. The zero-order valence-electron chi connectivity index (χ0n) is 8.31. The first kappa shape index (κ1) is 12.4. The minimum atomic E-state index is 0. The fourth-order valence-electron chi connectivity index (χ4n) is 1.62. The largest absolute Gasteiger partial charge is 0.291 e. The fourth-order valence-corrected chi connectivity index (χ4v) is 2.28. The fraction of sp³-hybridized carbons (Fsp3) is 0.400. The monoisotopic (exact) mass is 289 g/mol. The van der Waals surface area contributed by atoms with Crippen LogP contribution in [0.5, 0.6) is 0 Å². The topological polar surface area (TPSA) is 46.1 Å². The molecule has 0 unspecified atom stereocenters. The van der Waals surface area contributed by atoms with Gasteiger partial charge in [0.2, 0.25) is 11.6 Å². The van der Waals surface area contributed by atoms with Gasteiger partial charge in [0.25, 0.3) is 0 Å². The van der Waals surface area contributed by atoms with Crippen LogP contribution in [0.1, 0.15) is 22.5 Å². The van der Waals surface area contributed by atoms with Crippen LogP contribution in [-0.4, -0.2) is 29.3 Å². The van der Waals surface area contributed by atoms with Crippen molar-refractivity contribution >= 4 is 39.9 Å². The van der Waals surface area contributed by atoms with Crippen molar-refractivity contribution in [2.45, 2.75) is 12.8 Å². The maximum atomic E-state index is 11.7. The van der Waals surface area contributed by atoms with E-state index in [9.17, 15) is 4.79 Å². The molecule has 0 saturated carbocycles. The normalized spacial score (nSPS) is 15.2. The number of nitrogens with two attached hydrogens (primary N) is 1. The van der Waals surface area contributed by atoms with E-state index in [4.69, 9.17) is 5.73 Å². The van der Waals surface area contributed by atoms with E-state index in [2.05, 4.69) is 0 Å². The summed E-state index contributed by atoms with van der Waals surface area (Å²) in [5.74, 6) is 1.03. The third kappa shape index (κ3) is 2.89. The number of hydrogen-bond acceptors (Lipinski definition) is 3. The minimum absolute atomic E-state index is 0. The van der Waals surface area contributed by atoms with E-state index in [1.54, 1.807) is 0 Å². The summed E-state index contributed by atoms with van der Waals surface area (Å²) in [7, 11) is 0. The van der Waals surface area contributed by atoms with Gasteiger partial charge in [0.15, 0.2) is 0 Å². The van der Waals surface area contributed by atoms with Crippen molar-refractivity contribution in [1.29, 1.82) is 0 Å². The second-order valence-corrected chi connectivity index (χ2v) is 4.36. The van der Waals surface area contributed by atoms with Crippen LogP contribution in [0.25, 0.3) is 0 Å². The number of thiophene rings is 1. The van der Waals surface area contributed by atoms with Crippen LogP contribution in [0.2, 0.25) is 0 Å². The van der Waals surface area contributed by atoms with Gasteiger partial charge in [-0.3, -0.25) is 15.1 Å². The lowest BCUT2D eigenvalue weighted by atomic mass is 10.3. The van der Waals surface area contributed by atoms with E-state index in [0.29, 0.717) is 6.54 Å². The summed E-state index contributed by atoms with van der Waals surface area (Å²) in [5, 5.41) is 1.92. The average Bonchev–Trinajstić information content (AvgIpc) is 2.77. The number of hydrogen-bond donors (Lipinski definition) is 1. The van der Waals surface area contributed by atoms with Crippen molar-refractivity contribution in [3.05, 3.63) is 22.4 Å². The molecule has 0 bridgehead atoms. The maximum absolute atomic E-state index is 11.7. The predicted molar refractivity (Wildman–Crippen MR) is 67.4 cm³/mol. The molecule has 0 aliphatic carbocycles. The molecule has 2 heterocycles.